The molecule has 2 N–H and O–H groups in total. The van der Waals surface area contributed by atoms with Crippen LogP contribution < -0.4 is 15.8 Å². The van der Waals surface area contributed by atoms with E-state index in [2.05, 4.69) is 48.7 Å². The maximum absolute atomic E-state index is 13.8. The molecule has 0 saturated carbocycles. The normalized spacial score (nSPS) is 18.0. The van der Waals surface area contributed by atoms with E-state index in [9.17, 15) is 9.18 Å². The highest BCUT2D eigenvalue weighted by molar-refractivity contribution is 5.98. The monoisotopic (exact) mass is 454 g/mol. The van der Waals surface area contributed by atoms with Gasteiger partial charge in [0.05, 0.1) is 12.2 Å². The van der Waals surface area contributed by atoms with Gasteiger partial charge in [0, 0.05) is 55.5 Å². The summed E-state index contributed by atoms with van der Waals surface area (Å²) in [4.78, 5) is 22.3. The number of alkyl halides is 1. The molecule has 3 heterocycles. The summed E-state index contributed by atoms with van der Waals surface area (Å²) < 4.78 is 13.8. The van der Waals surface area contributed by atoms with Crippen LogP contribution in [0, 0.1) is 0 Å². The predicted octanol–water partition coefficient (Wildman–Crippen LogP) is 2.82. The van der Waals surface area contributed by atoms with E-state index in [1.165, 1.54) is 5.56 Å². The molecule has 1 aromatic carbocycles. The number of aromatic nitrogens is 1. The molecule has 0 spiro atoms. The molecule has 2 aromatic rings. The molecule has 0 bridgehead atoms. The number of amides is 1. The van der Waals surface area contributed by atoms with Crippen LogP contribution in [0.25, 0.3) is 11.3 Å². The van der Waals surface area contributed by atoms with E-state index in [0.29, 0.717) is 25.1 Å². The van der Waals surface area contributed by atoms with E-state index >= 15 is 0 Å². The Labute approximate surface area is 195 Å². The summed E-state index contributed by atoms with van der Waals surface area (Å²) >= 11 is 0. The highest BCUT2D eigenvalue weighted by Crippen LogP contribution is 2.33. The Morgan fingerprint density at radius 2 is 2.18 bits per heavy atom. The molecule has 33 heavy (non-hydrogen) atoms. The first-order chi connectivity index (χ1) is 15.9. The van der Waals surface area contributed by atoms with Crippen molar-refractivity contribution in [1.82, 2.24) is 25.5 Å². The summed E-state index contributed by atoms with van der Waals surface area (Å²) in [6, 6.07) is 10.4. The van der Waals surface area contributed by atoms with Crippen LogP contribution >= 0.6 is 0 Å². The maximum atomic E-state index is 13.8. The summed E-state index contributed by atoms with van der Waals surface area (Å²) in [5, 5.41) is 5.20. The number of nitrogens with one attached hydrogen (secondary N) is 2. The first-order valence-electron chi connectivity index (χ1n) is 11.8. The minimum atomic E-state index is -0.940. The number of carbonyl (C=O) groups excluding carboxylic acids is 1. The number of likely N-dealkylation sites (N-methyl/N-ethyl adjacent to an activating group) is 2. The molecule has 0 aliphatic carbocycles. The van der Waals surface area contributed by atoms with Gasteiger partial charge in [-0.2, -0.15) is 0 Å². The van der Waals surface area contributed by atoms with Crippen molar-refractivity contribution in [3.63, 3.8) is 0 Å². The molecular weight excluding hydrogens is 419 g/mol. The molecule has 1 amide bonds. The minimum absolute atomic E-state index is 0.106. The largest absolute Gasteiger partial charge is 0.336 e. The first-order valence-corrected chi connectivity index (χ1v) is 11.8. The topological polar surface area (TPSA) is 63.7 Å². The Bertz CT molecular complexity index is 997. The van der Waals surface area contributed by atoms with Crippen molar-refractivity contribution in [2.75, 3.05) is 45.3 Å². The Hall–Kier alpha value is -2.55. The second-order valence-electron chi connectivity index (χ2n) is 9.33. The Morgan fingerprint density at radius 3 is 2.88 bits per heavy atom. The number of carbonyl (C=O) groups is 1. The molecule has 1 atom stereocenters. The lowest BCUT2D eigenvalue weighted by Crippen LogP contribution is -2.38. The highest BCUT2D eigenvalue weighted by Gasteiger charge is 2.33. The highest BCUT2D eigenvalue weighted by atomic mass is 19.1. The van der Waals surface area contributed by atoms with Crippen molar-refractivity contribution in [2.24, 2.45) is 0 Å². The number of anilines is 1. The number of hydrogen-bond acceptors (Lipinski definition) is 6. The summed E-state index contributed by atoms with van der Waals surface area (Å²) in [6.07, 6.45) is -0.532. The van der Waals surface area contributed by atoms with Gasteiger partial charge in [0.2, 0.25) is 0 Å². The lowest BCUT2D eigenvalue weighted by molar-refractivity contribution is 0.0782. The number of hydrazine groups is 1. The lowest BCUT2D eigenvalue weighted by Gasteiger charge is -2.24. The quantitative estimate of drug-likeness (QED) is 0.640. The number of benzene rings is 1. The van der Waals surface area contributed by atoms with Gasteiger partial charge >= 0.3 is 0 Å². The molecular formula is C25H35FN6O. The van der Waals surface area contributed by atoms with Gasteiger partial charge in [-0.3, -0.25) is 9.80 Å². The van der Waals surface area contributed by atoms with Gasteiger partial charge in [0.15, 0.2) is 0 Å². The van der Waals surface area contributed by atoms with E-state index in [4.69, 9.17) is 4.98 Å². The fraction of sp³-hybridized carbons (Fsp3) is 0.520. The number of rotatable bonds is 8. The molecule has 1 unspecified atom stereocenters. The van der Waals surface area contributed by atoms with E-state index in [1.54, 1.807) is 4.90 Å². The third-order valence-corrected chi connectivity index (χ3v) is 6.34. The SMILES string of the molecule is CNCCN(C)Cc1cccc(-c2cc(C(=O)N3CCC(F)C3)c3c(n2)N(C(C)C)NC3)c1. The Balaban J connectivity index is 1.70. The second-order valence-corrected chi connectivity index (χ2v) is 9.33. The summed E-state index contributed by atoms with van der Waals surface area (Å²) in [6.45, 7) is 8.08. The fourth-order valence-electron chi connectivity index (χ4n) is 4.53. The number of likely N-dealkylation sites (tertiary alicyclic amines) is 1. The van der Waals surface area contributed by atoms with Crippen LogP contribution in [-0.4, -0.2) is 73.2 Å². The summed E-state index contributed by atoms with van der Waals surface area (Å²) in [5.74, 6) is 0.684. The van der Waals surface area contributed by atoms with Crippen molar-refractivity contribution < 1.29 is 9.18 Å². The van der Waals surface area contributed by atoms with Crippen LogP contribution in [-0.2, 0) is 13.1 Å². The van der Waals surface area contributed by atoms with Crippen LogP contribution in [0.5, 0.6) is 0 Å². The van der Waals surface area contributed by atoms with Gasteiger partial charge in [0.25, 0.3) is 5.91 Å². The standard InChI is InChI=1S/C25H35FN6O/c1-17(2)32-24-22(14-28-32)21(25(33)31-10-8-20(26)16-31)13-23(29-24)19-7-5-6-18(12-19)15-30(4)11-9-27-3/h5-7,12-13,17,20,27-28H,8-11,14-16H2,1-4H3. The molecule has 2 aliphatic rings. The van der Waals surface area contributed by atoms with E-state index in [-0.39, 0.29) is 18.5 Å². The van der Waals surface area contributed by atoms with Gasteiger partial charge in [-0.25, -0.2) is 14.8 Å². The fourth-order valence-corrected chi connectivity index (χ4v) is 4.53. The van der Waals surface area contributed by atoms with Crippen LogP contribution in [0.1, 0.15) is 41.8 Å². The zero-order chi connectivity index (χ0) is 23.5. The minimum Gasteiger partial charge on any atom is -0.336 e. The Morgan fingerprint density at radius 1 is 1.36 bits per heavy atom. The molecule has 1 fully saturated rings. The smallest absolute Gasteiger partial charge is 0.254 e. The van der Waals surface area contributed by atoms with Crippen molar-refractivity contribution >= 4 is 11.7 Å². The van der Waals surface area contributed by atoms with Crippen molar-refractivity contribution in [3.8, 4) is 11.3 Å². The molecule has 2 aliphatic heterocycles. The Kier molecular flexibility index (Phi) is 7.26. The van der Waals surface area contributed by atoms with Crippen molar-refractivity contribution in [1.29, 1.82) is 0 Å². The van der Waals surface area contributed by atoms with E-state index in [1.807, 2.05) is 30.3 Å². The number of pyridine rings is 1. The van der Waals surface area contributed by atoms with Crippen LogP contribution in [0.4, 0.5) is 10.2 Å². The average Bonchev–Trinajstić information content (AvgIpc) is 3.43. The molecule has 8 heteroatoms. The van der Waals surface area contributed by atoms with E-state index in [0.717, 1.165) is 42.3 Å². The lowest BCUT2D eigenvalue weighted by atomic mass is 10.0. The molecule has 1 aromatic heterocycles. The molecule has 0 radical (unpaired) electrons. The van der Waals surface area contributed by atoms with Crippen molar-refractivity contribution in [3.05, 3.63) is 47.0 Å². The van der Waals surface area contributed by atoms with Gasteiger partial charge in [-0.05, 0) is 52.1 Å². The van der Waals surface area contributed by atoms with Gasteiger partial charge in [-0.1, -0.05) is 18.2 Å². The molecule has 4 rings (SSSR count). The first kappa shape index (κ1) is 23.6. The third-order valence-electron chi connectivity index (χ3n) is 6.34. The van der Waals surface area contributed by atoms with E-state index < -0.39 is 6.17 Å². The van der Waals surface area contributed by atoms with Crippen LogP contribution in [0.15, 0.2) is 30.3 Å². The number of hydrogen-bond donors (Lipinski definition) is 2. The number of halogens is 1. The second kappa shape index (κ2) is 10.2. The third kappa shape index (κ3) is 5.18. The van der Waals surface area contributed by atoms with Gasteiger partial charge < -0.3 is 15.1 Å². The maximum Gasteiger partial charge on any atom is 0.254 e. The average molecular weight is 455 g/mol. The predicted molar refractivity (Wildman–Crippen MR) is 130 cm³/mol. The van der Waals surface area contributed by atoms with Crippen LogP contribution in [0.3, 0.4) is 0 Å². The number of nitrogens with zero attached hydrogens (tertiary/aromatic N) is 4. The van der Waals surface area contributed by atoms with Crippen LogP contribution in [0.2, 0.25) is 0 Å². The van der Waals surface area contributed by atoms with Gasteiger partial charge in [0.1, 0.15) is 12.0 Å². The molecule has 7 nitrogen and oxygen atoms in total. The number of fused-ring (bicyclic) bond motifs is 1. The van der Waals surface area contributed by atoms with Crippen molar-refractivity contribution in [2.45, 2.75) is 45.6 Å². The molecule has 178 valence electrons. The summed E-state index contributed by atoms with van der Waals surface area (Å²) in [5.41, 5.74) is 7.82. The zero-order valence-electron chi connectivity index (χ0n) is 20.1. The van der Waals surface area contributed by atoms with Gasteiger partial charge in [-0.15, -0.1) is 0 Å². The zero-order valence-corrected chi connectivity index (χ0v) is 20.1. The summed E-state index contributed by atoms with van der Waals surface area (Å²) in [7, 11) is 4.06. The molecule has 1 saturated heterocycles.